The Hall–Kier alpha value is -3.49. The van der Waals surface area contributed by atoms with Crippen LogP contribution in [0.4, 0.5) is 5.69 Å². The molecule has 9 heteroatoms. The Balaban J connectivity index is 2.30. The molecule has 0 aliphatic rings. The van der Waals surface area contributed by atoms with Crippen molar-refractivity contribution in [1.29, 1.82) is 0 Å². The van der Waals surface area contributed by atoms with Gasteiger partial charge in [0.25, 0.3) is 0 Å². The van der Waals surface area contributed by atoms with Gasteiger partial charge in [0.15, 0.2) is 11.6 Å². The lowest BCUT2D eigenvalue weighted by Crippen LogP contribution is -2.14. The van der Waals surface area contributed by atoms with E-state index in [2.05, 4.69) is 15.2 Å². The first-order valence-electron chi connectivity index (χ1n) is 6.95. The van der Waals surface area contributed by atoms with Gasteiger partial charge in [-0.2, -0.15) is 5.10 Å². The zero-order valence-electron chi connectivity index (χ0n) is 12.8. The van der Waals surface area contributed by atoms with Crippen LogP contribution in [0.5, 0.6) is 11.5 Å². The van der Waals surface area contributed by atoms with Crippen LogP contribution < -0.4 is 10.5 Å². The molecule has 3 N–H and O–H groups in total. The maximum atomic E-state index is 11.0. The molecule has 0 saturated carbocycles. The fourth-order valence-corrected chi connectivity index (χ4v) is 1.82. The number of nitrogens with two attached hydrogens (primary N) is 1. The number of hydrogen-bond donors (Lipinski definition) is 2. The van der Waals surface area contributed by atoms with Crippen molar-refractivity contribution in [3.8, 4) is 11.5 Å². The van der Waals surface area contributed by atoms with Crippen molar-refractivity contribution in [3.05, 3.63) is 57.9 Å². The van der Waals surface area contributed by atoms with Crippen LogP contribution in [0.3, 0.4) is 0 Å². The van der Waals surface area contributed by atoms with Gasteiger partial charge < -0.3 is 15.6 Å². The van der Waals surface area contributed by atoms with Gasteiger partial charge in [-0.3, -0.25) is 15.1 Å². The highest BCUT2D eigenvalue weighted by Gasteiger charge is 2.19. The van der Waals surface area contributed by atoms with Gasteiger partial charge in [0.2, 0.25) is 5.75 Å². The van der Waals surface area contributed by atoms with Gasteiger partial charge in [0, 0.05) is 17.8 Å². The molecule has 124 valence electrons. The maximum Gasteiger partial charge on any atom is 0.315 e. The number of ether oxygens (including phenoxy) is 1. The average Bonchev–Trinajstić information content (AvgIpc) is 2.58. The number of amidine groups is 1. The van der Waals surface area contributed by atoms with Gasteiger partial charge in [0.05, 0.1) is 17.7 Å². The van der Waals surface area contributed by atoms with Crippen molar-refractivity contribution in [1.82, 2.24) is 4.98 Å². The predicted molar refractivity (Wildman–Crippen MR) is 88.5 cm³/mol. The maximum absolute atomic E-state index is 11.0. The third-order valence-corrected chi connectivity index (χ3v) is 2.87. The summed E-state index contributed by atoms with van der Waals surface area (Å²) in [5.41, 5.74) is 6.05. The smallest absolute Gasteiger partial charge is 0.315 e. The zero-order valence-corrected chi connectivity index (χ0v) is 12.8. The molecule has 1 aromatic carbocycles. The van der Waals surface area contributed by atoms with E-state index in [1.165, 1.54) is 12.3 Å². The molecule has 0 radical (unpaired) electrons. The summed E-state index contributed by atoms with van der Waals surface area (Å²) < 4.78 is 5.18. The van der Waals surface area contributed by atoms with Gasteiger partial charge >= 0.3 is 5.69 Å². The summed E-state index contributed by atoms with van der Waals surface area (Å²) in [5, 5.41) is 28.4. The van der Waals surface area contributed by atoms with Crippen molar-refractivity contribution in [3.63, 3.8) is 0 Å². The molecule has 0 atom stereocenters. The zero-order chi connectivity index (χ0) is 17.5. The van der Waals surface area contributed by atoms with Gasteiger partial charge in [-0.25, -0.2) is 0 Å². The number of phenols is 1. The average molecular weight is 329 g/mol. The normalized spacial score (nSPS) is 11.6. The van der Waals surface area contributed by atoms with Crippen LogP contribution in [0, 0.1) is 10.1 Å². The minimum atomic E-state index is -0.708. The molecular formula is C15H15N5O4. The van der Waals surface area contributed by atoms with E-state index in [-0.39, 0.29) is 18.2 Å². The lowest BCUT2D eigenvalue weighted by atomic mass is 10.2. The Labute approximate surface area is 137 Å². The summed E-state index contributed by atoms with van der Waals surface area (Å²) in [6.07, 6.45) is 2.84. The predicted octanol–water partition coefficient (Wildman–Crippen LogP) is 1.83. The Morgan fingerprint density at radius 1 is 1.50 bits per heavy atom. The van der Waals surface area contributed by atoms with Gasteiger partial charge in [-0.15, -0.1) is 5.10 Å². The Morgan fingerprint density at radius 3 is 2.92 bits per heavy atom. The van der Waals surface area contributed by atoms with E-state index in [0.717, 1.165) is 6.07 Å². The van der Waals surface area contributed by atoms with Gasteiger partial charge in [-0.05, 0) is 25.1 Å². The van der Waals surface area contributed by atoms with Crippen LogP contribution in [0.2, 0.25) is 0 Å². The second-order valence-corrected chi connectivity index (χ2v) is 4.52. The van der Waals surface area contributed by atoms with Crippen LogP contribution in [-0.2, 0) is 0 Å². The second-order valence-electron chi connectivity index (χ2n) is 4.52. The summed E-state index contributed by atoms with van der Waals surface area (Å²) in [7, 11) is 0. The summed E-state index contributed by atoms with van der Waals surface area (Å²) in [5.74, 6) is -0.435. The van der Waals surface area contributed by atoms with E-state index in [0.29, 0.717) is 11.3 Å². The molecule has 0 saturated heterocycles. The topological polar surface area (TPSA) is 136 Å². The first kappa shape index (κ1) is 16.9. The molecular weight excluding hydrogens is 314 g/mol. The standard InChI is InChI=1S/C15H15N5O4/c1-2-24-13-8-10(7-12(14(13)21)20(22)23)9-18-19-15(16)11-5-3-4-6-17-11/h3-9,21H,2H2,1H3,(H2,16,19)/b18-9+. The molecule has 0 aliphatic carbocycles. The number of pyridine rings is 1. The molecule has 0 unspecified atom stereocenters. The van der Waals surface area contributed by atoms with Crippen LogP contribution in [0.1, 0.15) is 18.2 Å². The third-order valence-electron chi connectivity index (χ3n) is 2.87. The quantitative estimate of drug-likeness (QED) is 0.359. The molecule has 0 spiro atoms. The molecule has 0 fully saturated rings. The van der Waals surface area contributed by atoms with E-state index in [1.54, 1.807) is 31.3 Å². The van der Waals surface area contributed by atoms with Crippen LogP contribution in [-0.4, -0.2) is 33.7 Å². The van der Waals surface area contributed by atoms with Crippen molar-refractivity contribution in [2.45, 2.75) is 6.92 Å². The number of phenolic OH excluding ortho intramolecular Hbond substituents is 1. The van der Waals surface area contributed by atoms with Crippen molar-refractivity contribution in [2.24, 2.45) is 15.9 Å². The molecule has 0 amide bonds. The monoisotopic (exact) mass is 329 g/mol. The summed E-state index contributed by atoms with van der Waals surface area (Å²) in [4.78, 5) is 14.3. The highest BCUT2D eigenvalue weighted by molar-refractivity contribution is 5.96. The first-order valence-corrected chi connectivity index (χ1v) is 6.95. The van der Waals surface area contributed by atoms with E-state index in [4.69, 9.17) is 10.5 Å². The molecule has 0 bridgehead atoms. The molecule has 9 nitrogen and oxygen atoms in total. The molecule has 0 aliphatic heterocycles. The summed E-state index contributed by atoms with van der Waals surface area (Å²) >= 11 is 0. The molecule has 1 heterocycles. The van der Waals surface area contributed by atoms with Crippen molar-refractivity contribution >= 4 is 17.7 Å². The Kier molecular flexibility index (Phi) is 5.40. The minimum Gasteiger partial charge on any atom is -0.500 e. The van der Waals surface area contributed by atoms with Crippen LogP contribution >= 0.6 is 0 Å². The van der Waals surface area contributed by atoms with Gasteiger partial charge in [-0.1, -0.05) is 6.07 Å². The number of aromatic nitrogens is 1. The van der Waals surface area contributed by atoms with E-state index < -0.39 is 16.4 Å². The minimum absolute atomic E-state index is 0.00479. The highest BCUT2D eigenvalue weighted by Crippen LogP contribution is 2.36. The molecule has 2 aromatic rings. The number of benzene rings is 1. The van der Waals surface area contributed by atoms with Crippen molar-refractivity contribution in [2.75, 3.05) is 6.61 Å². The third kappa shape index (κ3) is 4.03. The molecule has 2 rings (SSSR count). The van der Waals surface area contributed by atoms with Crippen molar-refractivity contribution < 1.29 is 14.8 Å². The Morgan fingerprint density at radius 2 is 2.29 bits per heavy atom. The highest BCUT2D eigenvalue weighted by atomic mass is 16.6. The van der Waals surface area contributed by atoms with Gasteiger partial charge in [0.1, 0.15) is 5.69 Å². The van der Waals surface area contributed by atoms with Crippen LogP contribution in [0.25, 0.3) is 0 Å². The summed E-state index contributed by atoms with van der Waals surface area (Å²) in [6.45, 7) is 1.94. The number of nitro groups is 1. The molecule has 24 heavy (non-hydrogen) atoms. The SMILES string of the molecule is CCOc1cc(/C=N/N=C(N)c2ccccn2)cc([N+](=O)[O-])c1O. The largest absolute Gasteiger partial charge is 0.500 e. The second kappa shape index (κ2) is 7.68. The van der Waals surface area contributed by atoms with E-state index in [1.807, 2.05) is 0 Å². The number of aromatic hydroxyl groups is 1. The fourth-order valence-electron chi connectivity index (χ4n) is 1.82. The molecule has 1 aromatic heterocycles. The fraction of sp³-hybridized carbons (Fsp3) is 0.133. The number of rotatable bonds is 6. The lowest BCUT2D eigenvalue weighted by molar-refractivity contribution is -0.386. The van der Waals surface area contributed by atoms with Crippen LogP contribution in [0.15, 0.2) is 46.7 Å². The number of nitro benzene ring substituents is 1. The summed E-state index contributed by atoms with van der Waals surface area (Å²) in [6, 6.07) is 7.75. The number of hydrogen-bond acceptors (Lipinski definition) is 7. The number of nitrogens with zero attached hydrogens (tertiary/aromatic N) is 4. The first-order chi connectivity index (χ1) is 11.5. The lowest BCUT2D eigenvalue weighted by Gasteiger charge is -2.06. The Bertz CT molecular complexity index is 790. The van der Waals surface area contributed by atoms with E-state index in [9.17, 15) is 15.2 Å². The van der Waals surface area contributed by atoms with E-state index >= 15 is 0 Å².